The quantitative estimate of drug-likeness (QED) is 0.609. The molecule has 3 rings (SSSR count). The van der Waals surface area contributed by atoms with Crippen molar-refractivity contribution in [3.05, 3.63) is 52.8 Å². The minimum absolute atomic E-state index is 0.0285. The zero-order valence-corrected chi connectivity index (χ0v) is 13.3. The van der Waals surface area contributed by atoms with Gasteiger partial charge in [0, 0.05) is 0 Å². The highest BCUT2D eigenvalue weighted by Crippen LogP contribution is 2.38. The molecule has 0 aromatic heterocycles. The standard InChI is InChI=1S/C17H14ClFO5/c18-12-9-11(10-15-16(12)23-7-5-22-15)17(20)24-8-6-21-14-4-2-1-3-13(14)19/h1-4,9-10H,5-8H2. The first kappa shape index (κ1) is 16.4. The van der Waals surface area contributed by atoms with Crippen LogP contribution >= 0.6 is 11.6 Å². The molecule has 0 spiro atoms. The van der Waals surface area contributed by atoms with E-state index in [2.05, 4.69) is 0 Å². The van der Waals surface area contributed by atoms with Gasteiger partial charge in [-0.05, 0) is 24.3 Å². The summed E-state index contributed by atoms with van der Waals surface area (Å²) in [6.07, 6.45) is 0. The molecule has 0 atom stereocenters. The molecule has 0 saturated carbocycles. The number of carbonyl (C=O) groups is 1. The molecular weight excluding hydrogens is 339 g/mol. The van der Waals surface area contributed by atoms with Gasteiger partial charge >= 0.3 is 5.97 Å². The van der Waals surface area contributed by atoms with Crippen LogP contribution in [0.25, 0.3) is 0 Å². The summed E-state index contributed by atoms with van der Waals surface area (Å²) in [4.78, 5) is 12.1. The van der Waals surface area contributed by atoms with Crippen molar-refractivity contribution in [3.8, 4) is 17.2 Å². The minimum atomic E-state index is -0.578. The van der Waals surface area contributed by atoms with Gasteiger partial charge in [-0.2, -0.15) is 0 Å². The second-order valence-corrected chi connectivity index (χ2v) is 5.30. The molecule has 24 heavy (non-hydrogen) atoms. The van der Waals surface area contributed by atoms with Crippen LogP contribution in [0.3, 0.4) is 0 Å². The molecule has 0 bridgehead atoms. The summed E-state index contributed by atoms with van der Waals surface area (Å²) in [7, 11) is 0. The molecule has 5 nitrogen and oxygen atoms in total. The summed E-state index contributed by atoms with van der Waals surface area (Å²) in [5.41, 5.74) is 0.246. The van der Waals surface area contributed by atoms with Crippen molar-refractivity contribution < 1.29 is 28.1 Å². The maximum Gasteiger partial charge on any atom is 0.338 e. The number of ether oxygens (including phenoxy) is 4. The van der Waals surface area contributed by atoms with Crippen LogP contribution in [0.15, 0.2) is 36.4 Å². The number of para-hydroxylation sites is 1. The molecular formula is C17H14ClFO5. The Kier molecular flexibility index (Phi) is 5.05. The predicted molar refractivity (Wildman–Crippen MR) is 84.6 cm³/mol. The lowest BCUT2D eigenvalue weighted by Gasteiger charge is -2.20. The lowest BCUT2D eigenvalue weighted by Crippen LogP contribution is -2.17. The highest BCUT2D eigenvalue weighted by molar-refractivity contribution is 6.32. The summed E-state index contributed by atoms with van der Waals surface area (Å²) in [5, 5.41) is 0.279. The third kappa shape index (κ3) is 3.71. The summed E-state index contributed by atoms with van der Waals surface area (Å²) in [6, 6.07) is 8.97. The third-order valence-electron chi connectivity index (χ3n) is 3.24. The normalized spacial score (nSPS) is 12.6. The van der Waals surface area contributed by atoms with Crippen molar-refractivity contribution in [3.63, 3.8) is 0 Å². The van der Waals surface area contributed by atoms with E-state index in [1.165, 1.54) is 24.3 Å². The van der Waals surface area contributed by atoms with Gasteiger partial charge in [-0.15, -0.1) is 0 Å². The van der Waals surface area contributed by atoms with Crippen LogP contribution < -0.4 is 14.2 Å². The van der Waals surface area contributed by atoms with Crippen LogP contribution in [-0.2, 0) is 4.74 Å². The Balaban J connectivity index is 1.56. The van der Waals surface area contributed by atoms with E-state index < -0.39 is 11.8 Å². The molecule has 2 aromatic carbocycles. The highest BCUT2D eigenvalue weighted by atomic mass is 35.5. The maximum atomic E-state index is 13.4. The SMILES string of the molecule is O=C(OCCOc1ccccc1F)c1cc(Cl)c2c(c1)OCCO2. The smallest absolute Gasteiger partial charge is 0.338 e. The van der Waals surface area contributed by atoms with E-state index in [1.807, 2.05) is 0 Å². The van der Waals surface area contributed by atoms with E-state index in [0.717, 1.165) is 0 Å². The average Bonchev–Trinajstić information content (AvgIpc) is 2.60. The van der Waals surface area contributed by atoms with Crippen molar-refractivity contribution in [1.29, 1.82) is 0 Å². The molecule has 2 aromatic rings. The van der Waals surface area contributed by atoms with Crippen LogP contribution in [0.4, 0.5) is 4.39 Å². The second-order valence-electron chi connectivity index (χ2n) is 4.90. The van der Waals surface area contributed by atoms with E-state index >= 15 is 0 Å². The molecule has 1 aliphatic heterocycles. The molecule has 0 fully saturated rings. The highest BCUT2D eigenvalue weighted by Gasteiger charge is 2.20. The Morgan fingerprint density at radius 3 is 2.79 bits per heavy atom. The van der Waals surface area contributed by atoms with Crippen LogP contribution in [0.2, 0.25) is 5.02 Å². The molecule has 1 aliphatic rings. The minimum Gasteiger partial charge on any atom is -0.487 e. The molecule has 7 heteroatoms. The summed E-state index contributed by atoms with van der Waals surface area (Å²) >= 11 is 6.07. The lowest BCUT2D eigenvalue weighted by atomic mass is 10.2. The number of esters is 1. The van der Waals surface area contributed by atoms with E-state index in [4.69, 9.17) is 30.5 Å². The Morgan fingerprint density at radius 1 is 1.17 bits per heavy atom. The number of carbonyl (C=O) groups excluding carboxylic acids is 1. The Labute approximate surface area is 142 Å². The first-order valence-corrected chi connectivity index (χ1v) is 7.66. The molecule has 0 radical (unpaired) electrons. The van der Waals surface area contributed by atoms with Crippen molar-refractivity contribution in [2.45, 2.75) is 0 Å². The third-order valence-corrected chi connectivity index (χ3v) is 3.52. The first-order valence-electron chi connectivity index (χ1n) is 7.29. The fourth-order valence-corrected chi connectivity index (χ4v) is 2.43. The molecule has 0 saturated heterocycles. The number of halogens is 2. The number of benzene rings is 2. The monoisotopic (exact) mass is 352 g/mol. The largest absolute Gasteiger partial charge is 0.487 e. The fraction of sp³-hybridized carbons (Fsp3) is 0.235. The van der Waals surface area contributed by atoms with Gasteiger partial charge in [0.15, 0.2) is 23.1 Å². The number of hydrogen-bond acceptors (Lipinski definition) is 5. The Morgan fingerprint density at radius 2 is 1.96 bits per heavy atom. The molecule has 0 N–H and O–H groups in total. The van der Waals surface area contributed by atoms with E-state index in [-0.39, 0.29) is 29.5 Å². The van der Waals surface area contributed by atoms with Crippen LogP contribution in [0.5, 0.6) is 17.2 Å². The topological polar surface area (TPSA) is 54.0 Å². The van der Waals surface area contributed by atoms with Crippen LogP contribution in [0.1, 0.15) is 10.4 Å². The summed E-state index contributed by atoms with van der Waals surface area (Å²) < 4.78 is 34.5. The number of rotatable bonds is 5. The Bertz CT molecular complexity index is 750. The van der Waals surface area contributed by atoms with Crippen molar-refractivity contribution >= 4 is 17.6 Å². The average molecular weight is 353 g/mol. The van der Waals surface area contributed by atoms with Gasteiger partial charge in [0.25, 0.3) is 0 Å². The lowest BCUT2D eigenvalue weighted by molar-refractivity contribution is 0.0447. The molecule has 126 valence electrons. The van der Waals surface area contributed by atoms with Crippen molar-refractivity contribution in [2.24, 2.45) is 0 Å². The predicted octanol–water partition coefficient (Wildman–Crippen LogP) is 3.49. The number of fused-ring (bicyclic) bond motifs is 1. The molecule has 0 unspecified atom stereocenters. The Hall–Kier alpha value is -2.47. The molecule has 1 heterocycles. The van der Waals surface area contributed by atoms with E-state index in [0.29, 0.717) is 24.7 Å². The van der Waals surface area contributed by atoms with Gasteiger partial charge in [0.05, 0.1) is 10.6 Å². The van der Waals surface area contributed by atoms with Gasteiger partial charge in [0.1, 0.15) is 26.4 Å². The van der Waals surface area contributed by atoms with E-state index in [9.17, 15) is 9.18 Å². The van der Waals surface area contributed by atoms with E-state index in [1.54, 1.807) is 12.1 Å². The van der Waals surface area contributed by atoms with Gasteiger partial charge in [-0.1, -0.05) is 23.7 Å². The number of hydrogen-bond donors (Lipinski definition) is 0. The first-order chi connectivity index (χ1) is 11.6. The van der Waals surface area contributed by atoms with Crippen molar-refractivity contribution in [1.82, 2.24) is 0 Å². The molecule has 0 aliphatic carbocycles. The van der Waals surface area contributed by atoms with Crippen LogP contribution in [0, 0.1) is 5.82 Å². The van der Waals surface area contributed by atoms with Crippen LogP contribution in [-0.4, -0.2) is 32.4 Å². The zero-order valence-electron chi connectivity index (χ0n) is 12.6. The van der Waals surface area contributed by atoms with Gasteiger partial charge in [0.2, 0.25) is 0 Å². The van der Waals surface area contributed by atoms with Crippen molar-refractivity contribution in [2.75, 3.05) is 26.4 Å². The molecule has 0 amide bonds. The fourth-order valence-electron chi connectivity index (χ4n) is 2.16. The zero-order chi connectivity index (χ0) is 16.9. The summed E-state index contributed by atoms with van der Waals surface area (Å²) in [6.45, 7) is 0.798. The maximum absolute atomic E-state index is 13.4. The van der Waals surface area contributed by atoms with Gasteiger partial charge in [-0.25, -0.2) is 9.18 Å². The van der Waals surface area contributed by atoms with Gasteiger partial charge < -0.3 is 18.9 Å². The van der Waals surface area contributed by atoms with Gasteiger partial charge in [-0.3, -0.25) is 0 Å². The summed E-state index contributed by atoms with van der Waals surface area (Å²) in [5.74, 6) is -0.116. The second kappa shape index (κ2) is 7.40.